The second kappa shape index (κ2) is 5.53. The monoisotopic (exact) mass is 319 g/mol. The Morgan fingerprint density at radius 2 is 2.04 bits per heavy atom. The van der Waals surface area contributed by atoms with Gasteiger partial charge >= 0.3 is 0 Å². The minimum atomic E-state index is -0.158. The lowest BCUT2D eigenvalue weighted by molar-refractivity contribution is -0.116. The number of benzene rings is 2. The average Bonchev–Trinajstić information content (AvgIpc) is 2.96. The first-order valence-corrected chi connectivity index (χ1v) is 7.90. The molecule has 120 valence electrons. The van der Waals surface area contributed by atoms with E-state index in [2.05, 4.69) is 10.6 Å². The number of hydrogen-bond acceptors (Lipinski definition) is 2. The van der Waals surface area contributed by atoms with Gasteiger partial charge in [-0.2, -0.15) is 0 Å². The Balaban J connectivity index is 1.64. The summed E-state index contributed by atoms with van der Waals surface area (Å²) in [4.78, 5) is 24.2. The molecule has 0 spiro atoms. The number of carbonyl (C=O) groups is 2. The summed E-state index contributed by atoms with van der Waals surface area (Å²) in [5.41, 5.74) is 4.20. The predicted octanol–water partition coefficient (Wildman–Crippen LogP) is 3.32. The van der Waals surface area contributed by atoms with Crippen molar-refractivity contribution in [2.75, 3.05) is 10.6 Å². The third kappa shape index (κ3) is 2.44. The molecule has 0 unspecified atom stereocenters. The van der Waals surface area contributed by atoms with Crippen molar-refractivity contribution in [3.63, 3.8) is 0 Å². The van der Waals surface area contributed by atoms with Crippen molar-refractivity contribution < 1.29 is 9.59 Å². The van der Waals surface area contributed by atoms with Gasteiger partial charge in [0.2, 0.25) is 5.91 Å². The van der Waals surface area contributed by atoms with E-state index in [1.807, 2.05) is 60.3 Å². The topological polar surface area (TPSA) is 63.1 Å². The Bertz CT molecular complexity index is 972. The Morgan fingerprint density at radius 3 is 2.92 bits per heavy atom. The lowest BCUT2D eigenvalue weighted by Crippen LogP contribution is -2.19. The van der Waals surface area contributed by atoms with Gasteiger partial charge in [-0.25, -0.2) is 0 Å². The van der Waals surface area contributed by atoms with Gasteiger partial charge in [-0.3, -0.25) is 9.59 Å². The maximum atomic E-state index is 12.7. The SMILES string of the molecule is Cn1ccc2c(C(=O)Nc3ccc4c(c3)NC(=O)CC4)cccc21. The first-order chi connectivity index (χ1) is 11.6. The van der Waals surface area contributed by atoms with Crippen LogP contribution >= 0.6 is 0 Å². The van der Waals surface area contributed by atoms with E-state index in [-0.39, 0.29) is 11.8 Å². The van der Waals surface area contributed by atoms with Gasteiger partial charge in [0.25, 0.3) is 5.91 Å². The molecule has 2 N–H and O–H groups in total. The first kappa shape index (κ1) is 14.5. The van der Waals surface area contributed by atoms with Crippen LogP contribution in [0.15, 0.2) is 48.7 Å². The van der Waals surface area contributed by atoms with Crippen LogP contribution in [0.4, 0.5) is 11.4 Å². The van der Waals surface area contributed by atoms with E-state index < -0.39 is 0 Å². The van der Waals surface area contributed by atoms with Gasteiger partial charge in [-0.05, 0) is 42.3 Å². The van der Waals surface area contributed by atoms with Gasteiger partial charge < -0.3 is 15.2 Å². The van der Waals surface area contributed by atoms with Gasteiger partial charge in [0.05, 0.1) is 0 Å². The van der Waals surface area contributed by atoms with Crippen molar-refractivity contribution in [1.82, 2.24) is 4.57 Å². The summed E-state index contributed by atoms with van der Waals surface area (Å²) in [7, 11) is 1.95. The number of nitrogens with one attached hydrogen (secondary N) is 2. The zero-order valence-corrected chi connectivity index (χ0v) is 13.3. The van der Waals surface area contributed by atoms with Crippen molar-refractivity contribution in [2.24, 2.45) is 7.05 Å². The second-order valence-electron chi connectivity index (χ2n) is 6.04. The van der Waals surface area contributed by atoms with Gasteiger partial charge in [0.15, 0.2) is 0 Å². The molecule has 1 aromatic heterocycles. The molecule has 2 amide bonds. The van der Waals surface area contributed by atoms with Crippen LogP contribution in [0.3, 0.4) is 0 Å². The molecule has 0 atom stereocenters. The molecule has 3 aromatic rings. The maximum absolute atomic E-state index is 12.7. The first-order valence-electron chi connectivity index (χ1n) is 7.90. The molecule has 2 heterocycles. The molecule has 1 aliphatic heterocycles. The highest BCUT2D eigenvalue weighted by Crippen LogP contribution is 2.27. The molecule has 0 saturated heterocycles. The van der Waals surface area contributed by atoms with E-state index in [1.165, 1.54) is 0 Å². The smallest absolute Gasteiger partial charge is 0.256 e. The molecule has 0 radical (unpaired) electrons. The minimum Gasteiger partial charge on any atom is -0.351 e. The number of aryl methyl sites for hydroxylation is 2. The third-order valence-corrected chi connectivity index (χ3v) is 4.44. The molecule has 24 heavy (non-hydrogen) atoms. The molecule has 0 bridgehead atoms. The molecule has 0 aliphatic carbocycles. The van der Waals surface area contributed by atoms with Crippen molar-refractivity contribution in [3.05, 3.63) is 59.8 Å². The van der Waals surface area contributed by atoms with Crippen LogP contribution in [0.25, 0.3) is 10.9 Å². The molecule has 5 heteroatoms. The zero-order valence-electron chi connectivity index (χ0n) is 13.3. The van der Waals surface area contributed by atoms with Crippen LogP contribution in [-0.2, 0) is 18.3 Å². The van der Waals surface area contributed by atoms with Gasteiger partial charge in [-0.1, -0.05) is 12.1 Å². The highest BCUT2D eigenvalue weighted by Gasteiger charge is 2.16. The lowest BCUT2D eigenvalue weighted by atomic mass is 10.0. The molecule has 1 aliphatic rings. The van der Waals surface area contributed by atoms with Gasteiger partial charge in [0, 0.05) is 47.5 Å². The number of nitrogens with zero attached hydrogens (tertiary/aromatic N) is 1. The van der Waals surface area contributed by atoms with E-state index in [9.17, 15) is 9.59 Å². The molecular formula is C19H17N3O2. The van der Waals surface area contributed by atoms with Gasteiger partial charge in [-0.15, -0.1) is 0 Å². The largest absolute Gasteiger partial charge is 0.351 e. The summed E-state index contributed by atoms with van der Waals surface area (Å²) in [5.74, 6) is -0.145. The number of aromatic nitrogens is 1. The summed E-state index contributed by atoms with van der Waals surface area (Å²) < 4.78 is 1.99. The average molecular weight is 319 g/mol. The molecule has 4 rings (SSSR count). The van der Waals surface area contributed by atoms with Crippen molar-refractivity contribution in [3.8, 4) is 0 Å². The standard InChI is InChI=1S/C19H17N3O2/c1-22-10-9-14-15(3-2-4-17(14)22)19(24)20-13-7-5-12-6-8-18(23)21-16(12)11-13/h2-5,7,9-11H,6,8H2,1H3,(H,20,24)(H,21,23). The van der Waals surface area contributed by atoms with Crippen molar-refractivity contribution in [1.29, 1.82) is 0 Å². The zero-order chi connectivity index (χ0) is 16.7. The summed E-state index contributed by atoms with van der Waals surface area (Å²) in [5, 5.41) is 6.70. The van der Waals surface area contributed by atoms with E-state index in [4.69, 9.17) is 0 Å². The summed E-state index contributed by atoms with van der Waals surface area (Å²) in [6.45, 7) is 0. The molecule has 0 fully saturated rings. The van der Waals surface area contributed by atoms with E-state index >= 15 is 0 Å². The number of anilines is 2. The summed E-state index contributed by atoms with van der Waals surface area (Å²) in [6.07, 6.45) is 3.18. The Labute approximate surface area is 139 Å². The van der Waals surface area contributed by atoms with Crippen LogP contribution in [0, 0.1) is 0 Å². The Kier molecular flexibility index (Phi) is 3.34. The second-order valence-corrected chi connectivity index (χ2v) is 6.04. The Hall–Kier alpha value is -3.08. The summed E-state index contributed by atoms with van der Waals surface area (Å²) in [6, 6.07) is 13.3. The molecule has 0 saturated carbocycles. The lowest BCUT2D eigenvalue weighted by Gasteiger charge is -2.18. The molecule has 5 nitrogen and oxygen atoms in total. The highest BCUT2D eigenvalue weighted by atomic mass is 16.2. The van der Waals surface area contributed by atoms with Crippen LogP contribution < -0.4 is 10.6 Å². The number of hydrogen-bond donors (Lipinski definition) is 2. The van der Waals surface area contributed by atoms with Crippen LogP contribution in [0.2, 0.25) is 0 Å². The summed E-state index contributed by atoms with van der Waals surface area (Å²) >= 11 is 0. The fraction of sp³-hybridized carbons (Fsp3) is 0.158. The number of amides is 2. The number of fused-ring (bicyclic) bond motifs is 2. The fourth-order valence-corrected chi connectivity index (χ4v) is 3.15. The van der Waals surface area contributed by atoms with Gasteiger partial charge in [0.1, 0.15) is 0 Å². The van der Waals surface area contributed by atoms with Crippen molar-refractivity contribution >= 4 is 34.1 Å². The number of rotatable bonds is 2. The molecular weight excluding hydrogens is 302 g/mol. The van der Waals surface area contributed by atoms with Crippen molar-refractivity contribution in [2.45, 2.75) is 12.8 Å². The quantitative estimate of drug-likeness (QED) is 0.761. The normalized spacial score (nSPS) is 13.5. The minimum absolute atomic E-state index is 0.0139. The predicted molar refractivity (Wildman–Crippen MR) is 94.3 cm³/mol. The van der Waals surface area contributed by atoms with E-state index in [0.29, 0.717) is 17.7 Å². The fourth-order valence-electron chi connectivity index (χ4n) is 3.15. The third-order valence-electron chi connectivity index (χ3n) is 4.44. The maximum Gasteiger partial charge on any atom is 0.256 e. The Morgan fingerprint density at radius 1 is 1.17 bits per heavy atom. The van der Waals surface area contributed by atoms with Crippen LogP contribution in [0.1, 0.15) is 22.3 Å². The number of carbonyl (C=O) groups excluding carboxylic acids is 2. The highest BCUT2D eigenvalue weighted by molar-refractivity contribution is 6.12. The van der Waals surface area contributed by atoms with Crippen LogP contribution in [-0.4, -0.2) is 16.4 Å². The van der Waals surface area contributed by atoms with Crippen LogP contribution in [0.5, 0.6) is 0 Å². The van der Waals surface area contributed by atoms with E-state index in [1.54, 1.807) is 0 Å². The van der Waals surface area contributed by atoms with E-state index in [0.717, 1.165) is 28.6 Å². The molecule has 2 aromatic carbocycles.